The van der Waals surface area contributed by atoms with Crippen LogP contribution in [-0.4, -0.2) is 47.4 Å². The van der Waals surface area contributed by atoms with E-state index in [1.54, 1.807) is 23.5 Å². The van der Waals surface area contributed by atoms with E-state index in [-0.39, 0.29) is 36.4 Å². The molecule has 2 amide bonds. The van der Waals surface area contributed by atoms with Crippen LogP contribution in [0.3, 0.4) is 0 Å². The van der Waals surface area contributed by atoms with Gasteiger partial charge in [0.15, 0.2) is 0 Å². The van der Waals surface area contributed by atoms with Crippen LogP contribution in [0.15, 0.2) is 35.7 Å². The van der Waals surface area contributed by atoms with Crippen molar-refractivity contribution in [3.63, 3.8) is 0 Å². The average molecular weight is 473 g/mol. The number of carbonyl (C=O) groups is 2. The monoisotopic (exact) mass is 472 g/mol. The predicted molar refractivity (Wildman–Crippen MR) is 126 cm³/mol. The quantitative estimate of drug-likeness (QED) is 0.564. The molecule has 1 aliphatic heterocycles. The Balaban J connectivity index is 1.31. The number of benzene rings is 1. The first-order chi connectivity index (χ1) is 15.6. The Bertz CT molecular complexity index is 966. The van der Waals surface area contributed by atoms with E-state index in [2.05, 4.69) is 11.4 Å². The summed E-state index contributed by atoms with van der Waals surface area (Å²) in [5, 5.41) is 2.76. The van der Waals surface area contributed by atoms with Crippen molar-refractivity contribution < 1.29 is 14.3 Å². The van der Waals surface area contributed by atoms with E-state index in [0.29, 0.717) is 18.2 Å². The Morgan fingerprint density at radius 2 is 1.84 bits per heavy atom. The molecule has 5 rings (SSSR count). The molecule has 170 valence electrons. The van der Waals surface area contributed by atoms with Crippen molar-refractivity contribution in [2.75, 3.05) is 19.7 Å². The zero-order valence-electron chi connectivity index (χ0n) is 18.2. The Morgan fingerprint density at radius 1 is 1.09 bits per heavy atom. The molecule has 3 aliphatic rings. The molecular weight excluding hydrogens is 444 g/mol. The first-order valence-corrected chi connectivity index (χ1v) is 12.9. The van der Waals surface area contributed by atoms with E-state index in [1.807, 2.05) is 21.9 Å². The first-order valence-electron chi connectivity index (χ1n) is 11.6. The highest BCUT2D eigenvalue weighted by molar-refractivity contribution is 7.10. The van der Waals surface area contributed by atoms with Crippen LogP contribution in [0.25, 0.3) is 0 Å². The Labute approximate surface area is 198 Å². The standard InChI is InChI=1S/C25H29ClN2O3S/c26-18-5-9-20(10-6-18)31-16-22-21-12-14-32-23(21)11-13-27(22)24(29)15-28(19-7-8-19)25(30)17-3-1-2-4-17/h5-6,9-10,12,14,17,19,22H,1-4,7-8,11,13,15-16H2. The summed E-state index contributed by atoms with van der Waals surface area (Å²) in [4.78, 5) is 31.8. The lowest BCUT2D eigenvalue weighted by molar-refractivity contribution is -0.145. The van der Waals surface area contributed by atoms with Crippen LogP contribution < -0.4 is 4.74 Å². The number of thiophene rings is 1. The molecule has 2 aromatic rings. The van der Waals surface area contributed by atoms with Gasteiger partial charge in [-0.25, -0.2) is 0 Å². The highest BCUT2D eigenvalue weighted by atomic mass is 35.5. The van der Waals surface area contributed by atoms with Crippen LogP contribution in [0, 0.1) is 5.92 Å². The number of amides is 2. The molecule has 0 bridgehead atoms. The minimum Gasteiger partial charge on any atom is -0.491 e. The third kappa shape index (κ3) is 4.67. The molecule has 2 heterocycles. The minimum absolute atomic E-state index is 0.0322. The van der Waals surface area contributed by atoms with Crippen molar-refractivity contribution in [1.82, 2.24) is 9.80 Å². The number of rotatable bonds is 7. The lowest BCUT2D eigenvalue weighted by Crippen LogP contribution is -2.49. The molecule has 7 heteroatoms. The number of hydrogen-bond acceptors (Lipinski definition) is 4. The minimum atomic E-state index is -0.143. The van der Waals surface area contributed by atoms with Crippen LogP contribution in [0.1, 0.15) is 55.0 Å². The van der Waals surface area contributed by atoms with Crippen LogP contribution in [0.2, 0.25) is 5.02 Å². The van der Waals surface area contributed by atoms with Gasteiger partial charge in [0, 0.05) is 28.4 Å². The zero-order valence-corrected chi connectivity index (χ0v) is 19.7. The van der Waals surface area contributed by atoms with Gasteiger partial charge >= 0.3 is 0 Å². The molecular formula is C25H29ClN2O3S. The maximum Gasteiger partial charge on any atom is 0.242 e. The summed E-state index contributed by atoms with van der Waals surface area (Å²) < 4.78 is 6.07. The summed E-state index contributed by atoms with van der Waals surface area (Å²) in [6.07, 6.45) is 7.08. The molecule has 32 heavy (non-hydrogen) atoms. The van der Waals surface area contributed by atoms with Crippen molar-refractivity contribution in [2.24, 2.45) is 5.92 Å². The molecule has 1 aromatic carbocycles. The van der Waals surface area contributed by atoms with Gasteiger partial charge in [0.2, 0.25) is 11.8 Å². The second kappa shape index (κ2) is 9.44. The van der Waals surface area contributed by atoms with Crippen molar-refractivity contribution in [3.05, 3.63) is 51.2 Å². The summed E-state index contributed by atoms with van der Waals surface area (Å²) in [7, 11) is 0. The van der Waals surface area contributed by atoms with Crippen LogP contribution in [0.4, 0.5) is 0 Å². The number of halogens is 1. The van der Waals surface area contributed by atoms with Gasteiger partial charge in [0.05, 0.1) is 6.04 Å². The van der Waals surface area contributed by atoms with Gasteiger partial charge < -0.3 is 14.5 Å². The Morgan fingerprint density at radius 3 is 2.56 bits per heavy atom. The fraction of sp³-hybridized carbons (Fsp3) is 0.520. The highest BCUT2D eigenvalue weighted by Crippen LogP contribution is 2.36. The largest absolute Gasteiger partial charge is 0.491 e. The van der Waals surface area contributed by atoms with E-state index >= 15 is 0 Å². The van der Waals surface area contributed by atoms with Gasteiger partial charge in [-0.1, -0.05) is 24.4 Å². The van der Waals surface area contributed by atoms with E-state index in [4.69, 9.17) is 16.3 Å². The lowest BCUT2D eigenvalue weighted by Gasteiger charge is -2.37. The second-order valence-electron chi connectivity index (χ2n) is 9.10. The van der Waals surface area contributed by atoms with Gasteiger partial charge in [0.1, 0.15) is 18.9 Å². The van der Waals surface area contributed by atoms with Gasteiger partial charge in [-0.2, -0.15) is 0 Å². The molecule has 1 atom stereocenters. The fourth-order valence-electron chi connectivity index (χ4n) is 5.00. The third-order valence-corrected chi connectivity index (χ3v) is 8.17. The van der Waals surface area contributed by atoms with Crippen LogP contribution in [-0.2, 0) is 16.0 Å². The molecule has 0 N–H and O–H groups in total. The molecule has 0 radical (unpaired) electrons. The van der Waals surface area contributed by atoms with E-state index in [1.165, 1.54) is 10.4 Å². The SMILES string of the molecule is O=C(C1CCCC1)N(CC(=O)N1CCc2sccc2C1COc1ccc(Cl)cc1)C1CC1. The van der Waals surface area contributed by atoms with Crippen molar-refractivity contribution in [2.45, 2.75) is 57.0 Å². The maximum atomic E-state index is 13.5. The zero-order chi connectivity index (χ0) is 22.1. The van der Waals surface area contributed by atoms with E-state index < -0.39 is 0 Å². The number of hydrogen-bond donors (Lipinski definition) is 0. The van der Waals surface area contributed by atoms with Gasteiger partial charge in [-0.05, 0) is 73.4 Å². The van der Waals surface area contributed by atoms with Crippen LogP contribution >= 0.6 is 22.9 Å². The molecule has 5 nitrogen and oxygen atoms in total. The second-order valence-corrected chi connectivity index (χ2v) is 10.5. The Hall–Kier alpha value is -2.05. The van der Waals surface area contributed by atoms with E-state index in [0.717, 1.165) is 50.7 Å². The maximum absolute atomic E-state index is 13.5. The van der Waals surface area contributed by atoms with Crippen molar-refractivity contribution >= 4 is 34.8 Å². The molecule has 1 aromatic heterocycles. The lowest BCUT2D eigenvalue weighted by atomic mass is 10.00. The molecule has 2 fully saturated rings. The molecule has 2 aliphatic carbocycles. The van der Waals surface area contributed by atoms with Gasteiger partial charge in [-0.3, -0.25) is 9.59 Å². The number of fused-ring (bicyclic) bond motifs is 1. The molecule has 2 saturated carbocycles. The smallest absolute Gasteiger partial charge is 0.242 e. The molecule has 1 unspecified atom stereocenters. The normalized spacial score (nSPS) is 20.8. The van der Waals surface area contributed by atoms with Crippen molar-refractivity contribution in [3.8, 4) is 5.75 Å². The summed E-state index contributed by atoms with van der Waals surface area (Å²) in [6, 6.07) is 9.52. The van der Waals surface area contributed by atoms with Crippen molar-refractivity contribution in [1.29, 1.82) is 0 Å². The number of carbonyl (C=O) groups excluding carboxylic acids is 2. The summed E-state index contributed by atoms with van der Waals surface area (Å²) in [5.41, 5.74) is 1.17. The average Bonchev–Trinajstić information content (AvgIpc) is 3.28. The van der Waals surface area contributed by atoms with E-state index in [9.17, 15) is 9.59 Å². The number of nitrogens with zero attached hydrogens (tertiary/aromatic N) is 2. The van der Waals surface area contributed by atoms with Gasteiger partial charge in [0.25, 0.3) is 0 Å². The molecule has 0 saturated heterocycles. The van der Waals surface area contributed by atoms with Gasteiger partial charge in [-0.15, -0.1) is 11.3 Å². The molecule has 0 spiro atoms. The third-order valence-electron chi connectivity index (χ3n) is 6.92. The highest BCUT2D eigenvalue weighted by Gasteiger charge is 2.40. The summed E-state index contributed by atoms with van der Waals surface area (Å²) in [5.74, 6) is 1.07. The summed E-state index contributed by atoms with van der Waals surface area (Å²) in [6.45, 7) is 1.24. The first kappa shape index (κ1) is 21.8. The topological polar surface area (TPSA) is 49.9 Å². The van der Waals surface area contributed by atoms with Crippen LogP contribution in [0.5, 0.6) is 5.75 Å². The Kier molecular flexibility index (Phi) is 6.42. The predicted octanol–water partition coefficient (Wildman–Crippen LogP) is 5.09. The number of ether oxygens (including phenoxy) is 1. The fourth-order valence-corrected chi connectivity index (χ4v) is 6.05. The summed E-state index contributed by atoms with van der Waals surface area (Å²) >= 11 is 7.73.